The minimum absolute atomic E-state index is 0.315. The fourth-order valence-corrected chi connectivity index (χ4v) is 1.56. The lowest BCUT2D eigenvalue weighted by Gasteiger charge is -2.37. The zero-order chi connectivity index (χ0) is 13.2. The highest BCUT2D eigenvalue weighted by molar-refractivity contribution is 5.75. The summed E-state index contributed by atoms with van der Waals surface area (Å²) in [5.74, 6) is -0.324. The van der Waals surface area contributed by atoms with Crippen molar-refractivity contribution in [1.82, 2.24) is 0 Å². The number of carbonyl (C=O) groups excluding carboxylic acids is 1. The van der Waals surface area contributed by atoms with E-state index >= 15 is 0 Å². The number of rotatable bonds is 2. The number of carbonyl (C=O) groups is 1. The molecule has 0 aromatic rings. The largest absolute Gasteiger partial charge is 0.456 e. The molecule has 0 bridgehead atoms. The molecule has 5 heteroatoms. The molecule has 0 spiro atoms. The first-order valence-corrected chi connectivity index (χ1v) is 5.83. The summed E-state index contributed by atoms with van der Waals surface area (Å²) in [6.45, 7) is 7.10. The van der Waals surface area contributed by atoms with Crippen LogP contribution >= 0.6 is 0 Å². The highest BCUT2D eigenvalue weighted by atomic mass is 16.7. The van der Waals surface area contributed by atoms with Crippen molar-refractivity contribution in [3.8, 4) is 0 Å². The van der Waals surface area contributed by atoms with Crippen LogP contribution in [0.5, 0.6) is 0 Å². The van der Waals surface area contributed by atoms with Crippen LogP contribution in [0.2, 0.25) is 0 Å². The van der Waals surface area contributed by atoms with Gasteiger partial charge in [-0.3, -0.25) is 4.79 Å². The summed E-state index contributed by atoms with van der Waals surface area (Å²) < 4.78 is 15.9. The lowest BCUT2D eigenvalue weighted by molar-refractivity contribution is -0.260. The second-order valence-corrected chi connectivity index (χ2v) is 5.44. The number of esters is 1. The van der Waals surface area contributed by atoms with Gasteiger partial charge in [-0.15, -0.1) is 0 Å². The summed E-state index contributed by atoms with van der Waals surface area (Å²) in [6, 6.07) is 0. The van der Waals surface area contributed by atoms with E-state index in [1.807, 2.05) is 0 Å². The Kier molecular flexibility index (Phi) is 4.52. The average molecular weight is 246 g/mol. The molecule has 0 radical (unpaired) electrons. The van der Waals surface area contributed by atoms with E-state index in [9.17, 15) is 9.90 Å². The molecule has 4 atom stereocenters. The highest BCUT2D eigenvalue weighted by Gasteiger charge is 2.39. The summed E-state index contributed by atoms with van der Waals surface area (Å²) >= 11 is 0. The van der Waals surface area contributed by atoms with Crippen LogP contribution in [0.15, 0.2) is 0 Å². The zero-order valence-electron chi connectivity index (χ0n) is 11.1. The van der Waals surface area contributed by atoms with Gasteiger partial charge in [0.05, 0.1) is 17.6 Å². The molecule has 0 amide bonds. The topological polar surface area (TPSA) is 65.0 Å². The van der Waals surface area contributed by atoms with Gasteiger partial charge < -0.3 is 19.3 Å². The predicted octanol–water partition coefficient (Wildman–Crippen LogP) is 1.09. The van der Waals surface area contributed by atoms with Crippen molar-refractivity contribution in [1.29, 1.82) is 0 Å². The summed E-state index contributed by atoms with van der Waals surface area (Å²) in [4.78, 5) is 11.8. The first kappa shape index (κ1) is 14.4. The quantitative estimate of drug-likeness (QED) is 0.739. The Morgan fingerprint density at radius 2 is 2.00 bits per heavy atom. The van der Waals surface area contributed by atoms with E-state index in [2.05, 4.69) is 0 Å². The summed E-state index contributed by atoms with van der Waals surface area (Å²) in [6.07, 6.45) is -1.79. The maximum atomic E-state index is 11.8. The maximum absolute atomic E-state index is 11.8. The molecule has 1 heterocycles. The van der Waals surface area contributed by atoms with Crippen molar-refractivity contribution < 1.29 is 24.1 Å². The van der Waals surface area contributed by atoms with E-state index in [1.54, 1.807) is 27.7 Å². The Morgan fingerprint density at radius 1 is 1.41 bits per heavy atom. The van der Waals surface area contributed by atoms with E-state index in [0.29, 0.717) is 6.42 Å². The van der Waals surface area contributed by atoms with E-state index in [-0.39, 0.29) is 12.1 Å². The lowest BCUT2D eigenvalue weighted by atomic mass is 9.96. The molecule has 0 aromatic carbocycles. The average Bonchev–Trinajstić information content (AvgIpc) is 2.21. The van der Waals surface area contributed by atoms with Gasteiger partial charge >= 0.3 is 5.97 Å². The molecule has 0 aliphatic carbocycles. The molecule has 1 fully saturated rings. The zero-order valence-corrected chi connectivity index (χ0v) is 11.1. The van der Waals surface area contributed by atoms with Gasteiger partial charge in [0.25, 0.3) is 0 Å². The number of aliphatic hydroxyl groups is 1. The van der Waals surface area contributed by atoms with Crippen LogP contribution in [0, 0.1) is 5.41 Å². The number of methoxy groups -OCH3 is 1. The van der Waals surface area contributed by atoms with Gasteiger partial charge in [0, 0.05) is 13.5 Å². The third-order valence-electron chi connectivity index (χ3n) is 2.77. The van der Waals surface area contributed by atoms with Gasteiger partial charge in [0.1, 0.15) is 0 Å². The van der Waals surface area contributed by atoms with Crippen LogP contribution in [-0.2, 0) is 19.0 Å². The third-order valence-corrected chi connectivity index (χ3v) is 2.77. The van der Waals surface area contributed by atoms with E-state index in [1.165, 1.54) is 7.11 Å². The Bertz CT molecular complexity index is 271. The Morgan fingerprint density at radius 3 is 2.47 bits per heavy atom. The Hall–Kier alpha value is -0.650. The van der Waals surface area contributed by atoms with Crippen LogP contribution in [-0.4, -0.2) is 42.8 Å². The fraction of sp³-hybridized carbons (Fsp3) is 0.917. The molecule has 1 saturated heterocycles. The number of ether oxygens (including phenoxy) is 3. The van der Waals surface area contributed by atoms with Gasteiger partial charge in [-0.05, 0) is 27.7 Å². The van der Waals surface area contributed by atoms with Crippen LogP contribution < -0.4 is 0 Å². The molecular formula is C12H22O5. The third kappa shape index (κ3) is 3.66. The summed E-state index contributed by atoms with van der Waals surface area (Å²) in [7, 11) is 1.49. The monoisotopic (exact) mass is 246 g/mol. The van der Waals surface area contributed by atoms with Crippen LogP contribution in [0.25, 0.3) is 0 Å². The molecular weight excluding hydrogens is 224 g/mol. The summed E-state index contributed by atoms with van der Waals surface area (Å²) in [5.41, 5.74) is -0.577. The van der Waals surface area contributed by atoms with Gasteiger partial charge in [0.2, 0.25) is 0 Å². The minimum atomic E-state index is -0.640. The summed E-state index contributed by atoms with van der Waals surface area (Å²) in [5, 5.41) is 9.71. The molecule has 1 aliphatic heterocycles. The first-order chi connectivity index (χ1) is 7.75. The van der Waals surface area contributed by atoms with Crippen molar-refractivity contribution in [2.24, 2.45) is 5.41 Å². The van der Waals surface area contributed by atoms with Crippen molar-refractivity contribution in [3.05, 3.63) is 0 Å². The van der Waals surface area contributed by atoms with E-state index < -0.39 is 23.9 Å². The molecule has 1 aliphatic rings. The van der Waals surface area contributed by atoms with Gasteiger partial charge in [-0.1, -0.05) is 0 Å². The van der Waals surface area contributed by atoms with Crippen molar-refractivity contribution >= 4 is 5.97 Å². The molecule has 0 unspecified atom stereocenters. The molecule has 1 N–H and O–H groups in total. The maximum Gasteiger partial charge on any atom is 0.311 e. The number of aliphatic hydroxyl groups excluding tert-OH is 1. The van der Waals surface area contributed by atoms with Crippen molar-refractivity contribution in [2.45, 2.75) is 58.7 Å². The lowest BCUT2D eigenvalue weighted by Crippen LogP contribution is -2.49. The molecule has 5 nitrogen and oxygen atoms in total. The first-order valence-electron chi connectivity index (χ1n) is 5.83. The second-order valence-electron chi connectivity index (χ2n) is 5.44. The molecule has 0 saturated carbocycles. The van der Waals surface area contributed by atoms with E-state index in [0.717, 1.165) is 0 Å². The van der Waals surface area contributed by atoms with E-state index in [4.69, 9.17) is 14.2 Å². The van der Waals surface area contributed by atoms with Crippen LogP contribution in [0.4, 0.5) is 0 Å². The number of hydrogen-bond acceptors (Lipinski definition) is 5. The molecule has 17 heavy (non-hydrogen) atoms. The number of hydrogen-bond donors (Lipinski definition) is 1. The predicted molar refractivity (Wildman–Crippen MR) is 61.3 cm³/mol. The Labute approximate surface area is 102 Å². The minimum Gasteiger partial charge on any atom is -0.456 e. The van der Waals surface area contributed by atoms with Gasteiger partial charge in [-0.25, -0.2) is 0 Å². The standard InChI is InChI=1S/C12H22O5/c1-7-8(13)6-9(10(15-5)16-7)17-11(14)12(2,3)4/h7-10,13H,6H2,1-5H3/t7-,8+,9-,10+/m1/s1. The van der Waals surface area contributed by atoms with Crippen molar-refractivity contribution in [2.75, 3.05) is 7.11 Å². The normalized spacial score (nSPS) is 34.5. The molecule has 0 aromatic heterocycles. The molecule has 100 valence electrons. The SMILES string of the molecule is CO[C@H]1O[C@H](C)[C@@H](O)C[C@H]1OC(=O)C(C)(C)C. The van der Waals surface area contributed by atoms with Crippen molar-refractivity contribution in [3.63, 3.8) is 0 Å². The van der Waals surface area contributed by atoms with Gasteiger partial charge in [-0.2, -0.15) is 0 Å². The highest BCUT2D eigenvalue weighted by Crippen LogP contribution is 2.26. The van der Waals surface area contributed by atoms with Crippen LogP contribution in [0.1, 0.15) is 34.1 Å². The second kappa shape index (κ2) is 5.33. The fourth-order valence-electron chi connectivity index (χ4n) is 1.56. The smallest absolute Gasteiger partial charge is 0.311 e. The van der Waals surface area contributed by atoms with Gasteiger partial charge in [0.15, 0.2) is 12.4 Å². The van der Waals surface area contributed by atoms with Crippen LogP contribution in [0.3, 0.4) is 0 Å². The Balaban J connectivity index is 2.65. The molecule has 1 rings (SSSR count).